The lowest BCUT2D eigenvalue weighted by Crippen LogP contribution is -2.50. The third-order valence-corrected chi connectivity index (χ3v) is 6.12. The predicted octanol–water partition coefficient (Wildman–Crippen LogP) is 4.51. The number of carbonyl (C=O) groups excluding carboxylic acids is 2. The summed E-state index contributed by atoms with van der Waals surface area (Å²) in [5.74, 6) is 0.0118. The zero-order valence-corrected chi connectivity index (χ0v) is 20.0. The first kappa shape index (κ1) is 22.0. The lowest BCUT2D eigenvalue weighted by atomic mass is 10.1. The molecule has 0 radical (unpaired) electrons. The third kappa shape index (κ3) is 4.00. The fourth-order valence-corrected chi connectivity index (χ4v) is 4.50. The highest BCUT2D eigenvalue weighted by molar-refractivity contribution is 5.98. The first-order valence-corrected chi connectivity index (χ1v) is 11.5. The van der Waals surface area contributed by atoms with Crippen LogP contribution in [0.3, 0.4) is 0 Å². The van der Waals surface area contributed by atoms with E-state index in [0.29, 0.717) is 31.9 Å². The van der Waals surface area contributed by atoms with Gasteiger partial charge in [0.2, 0.25) is 0 Å². The van der Waals surface area contributed by atoms with Gasteiger partial charge in [0.05, 0.1) is 16.9 Å². The fraction of sp³-hybridized carbons (Fsp3) is 0.346. The largest absolute Gasteiger partial charge is 0.444 e. The Morgan fingerprint density at radius 2 is 1.74 bits per heavy atom. The van der Waals surface area contributed by atoms with Crippen LogP contribution in [0.2, 0.25) is 0 Å². The Balaban J connectivity index is 1.48. The van der Waals surface area contributed by atoms with Crippen molar-refractivity contribution in [2.24, 2.45) is 0 Å². The van der Waals surface area contributed by atoms with Gasteiger partial charge in [-0.05, 0) is 51.1 Å². The van der Waals surface area contributed by atoms with Crippen molar-refractivity contribution in [3.8, 4) is 11.3 Å². The molecule has 0 saturated carbocycles. The SMILES string of the molecule is CC(=O)c1cc(-c2cccc3nccn23)c2cc(N3CCN(C(=O)OC(C)(C)C)CC3)ccn12. The van der Waals surface area contributed by atoms with Crippen molar-refractivity contribution in [2.45, 2.75) is 33.3 Å². The Labute approximate surface area is 198 Å². The Morgan fingerprint density at radius 1 is 0.971 bits per heavy atom. The van der Waals surface area contributed by atoms with Gasteiger partial charge >= 0.3 is 6.09 Å². The van der Waals surface area contributed by atoms with E-state index in [2.05, 4.69) is 16.0 Å². The van der Waals surface area contributed by atoms with Crippen LogP contribution in [0.5, 0.6) is 0 Å². The van der Waals surface area contributed by atoms with Crippen LogP contribution in [0, 0.1) is 0 Å². The molecule has 1 saturated heterocycles. The van der Waals surface area contributed by atoms with Gasteiger partial charge < -0.3 is 18.9 Å². The number of carbonyl (C=O) groups is 2. The van der Waals surface area contributed by atoms with Crippen molar-refractivity contribution < 1.29 is 14.3 Å². The number of aromatic nitrogens is 3. The summed E-state index contributed by atoms with van der Waals surface area (Å²) in [7, 11) is 0. The predicted molar refractivity (Wildman–Crippen MR) is 132 cm³/mol. The molecule has 1 aliphatic heterocycles. The van der Waals surface area contributed by atoms with Crippen LogP contribution in [0.4, 0.5) is 10.5 Å². The van der Waals surface area contributed by atoms with E-state index in [1.165, 1.54) is 0 Å². The minimum Gasteiger partial charge on any atom is -0.444 e. The Kier molecular flexibility index (Phi) is 5.31. The van der Waals surface area contributed by atoms with Crippen molar-refractivity contribution in [3.05, 3.63) is 60.7 Å². The molecule has 0 N–H and O–H groups in total. The molecule has 176 valence electrons. The molecule has 8 heteroatoms. The number of anilines is 1. The van der Waals surface area contributed by atoms with Crippen LogP contribution in [0.1, 0.15) is 38.2 Å². The second kappa shape index (κ2) is 8.20. The molecule has 5 heterocycles. The maximum absolute atomic E-state index is 12.4. The molecular formula is C26H29N5O3. The summed E-state index contributed by atoms with van der Waals surface area (Å²) in [6.07, 6.45) is 5.40. The summed E-state index contributed by atoms with van der Waals surface area (Å²) >= 11 is 0. The van der Waals surface area contributed by atoms with E-state index >= 15 is 0 Å². The monoisotopic (exact) mass is 459 g/mol. The van der Waals surface area contributed by atoms with Gasteiger partial charge in [0.1, 0.15) is 11.2 Å². The maximum Gasteiger partial charge on any atom is 0.410 e. The molecule has 0 aliphatic carbocycles. The van der Waals surface area contributed by atoms with Gasteiger partial charge in [-0.3, -0.25) is 9.20 Å². The van der Waals surface area contributed by atoms with E-state index in [1.54, 1.807) is 18.0 Å². The zero-order valence-electron chi connectivity index (χ0n) is 20.0. The van der Waals surface area contributed by atoms with Gasteiger partial charge in [-0.15, -0.1) is 0 Å². The summed E-state index contributed by atoms with van der Waals surface area (Å²) < 4.78 is 9.51. The molecule has 0 aromatic carbocycles. The number of fused-ring (bicyclic) bond motifs is 2. The Hall–Kier alpha value is -3.81. The number of ether oxygens (including phenoxy) is 1. The van der Waals surface area contributed by atoms with Crippen LogP contribution < -0.4 is 4.90 Å². The number of piperazine rings is 1. The van der Waals surface area contributed by atoms with E-state index in [9.17, 15) is 9.59 Å². The Morgan fingerprint density at radius 3 is 2.44 bits per heavy atom. The van der Waals surface area contributed by atoms with Crippen molar-refractivity contribution in [1.82, 2.24) is 18.7 Å². The summed E-state index contributed by atoms with van der Waals surface area (Å²) in [6.45, 7) is 9.85. The van der Waals surface area contributed by atoms with Crippen molar-refractivity contribution >= 4 is 28.7 Å². The smallest absolute Gasteiger partial charge is 0.410 e. The second-order valence-corrected chi connectivity index (χ2v) is 9.66. The number of imidazole rings is 1. The van der Waals surface area contributed by atoms with Gasteiger partial charge in [-0.25, -0.2) is 9.78 Å². The van der Waals surface area contributed by atoms with E-state index < -0.39 is 5.60 Å². The summed E-state index contributed by atoms with van der Waals surface area (Å²) in [5, 5.41) is 0. The summed E-state index contributed by atoms with van der Waals surface area (Å²) in [4.78, 5) is 33.3. The third-order valence-electron chi connectivity index (χ3n) is 6.12. The van der Waals surface area contributed by atoms with Crippen LogP contribution in [-0.2, 0) is 4.74 Å². The van der Waals surface area contributed by atoms with E-state index in [4.69, 9.17) is 4.74 Å². The van der Waals surface area contributed by atoms with Crippen molar-refractivity contribution in [2.75, 3.05) is 31.1 Å². The molecule has 1 aliphatic rings. The van der Waals surface area contributed by atoms with E-state index in [1.807, 2.05) is 72.3 Å². The molecule has 5 rings (SSSR count). The molecule has 4 aromatic heterocycles. The van der Waals surface area contributed by atoms with E-state index in [-0.39, 0.29) is 11.9 Å². The highest BCUT2D eigenvalue weighted by Gasteiger charge is 2.26. The molecule has 34 heavy (non-hydrogen) atoms. The molecule has 1 fully saturated rings. The van der Waals surface area contributed by atoms with Crippen LogP contribution in [-0.4, -0.2) is 62.3 Å². The number of ketones is 1. The fourth-order valence-electron chi connectivity index (χ4n) is 4.50. The lowest BCUT2D eigenvalue weighted by Gasteiger charge is -2.36. The zero-order chi connectivity index (χ0) is 24.0. The molecule has 8 nitrogen and oxygen atoms in total. The van der Waals surface area contributed by atoms with Gasteiger partial charge in [-0.2, -0.15) is 0 Å². The van der Waals surface area contributed by atoms with Crippen LogP contribution in [0.15, 0.2) is 55.0 Å². The molecular weight excluding hydrogens is 430 g/mol. The minimum absolute atomic E-state index is 0.0118. The number of nitrogens with zero attached hydrogens (tertiary/aromatic N) is 5. The standard InChI is InChI=1S/C26H29N5O3/c1-18(32)22-17-20(21-6-5-7-24-27-9-11-31(21)24)23-16-19(8-10-30(22)23)28-12-14-29(15-13-28)25(33)34-26(2,3)4/h5-11,16-17H,12-15H2,1-4H3. The first-order valence-electron chi connectivity index (χ1n) is 11.5. The highest BCUT2D eigenvalue weighted by Crippen LogP contribution is 2.32. The number of amides is 1. The van der Waals surface area contributed by atoms with Gasteiger partial charge in [-0.1, -0.05) is 6.07 Å². The van der Waals surface area contributed by atoms with Crippen LogP contribution in [0.25, 0.3) is 22.4 Å². The molecule has 0 spiro atoms. The van der Waals surface area contributed by atoms with Gasteiger partial charge in [0, 0.05) is 62.9 Å². The maximum atomic E-state index is 12.4. The number of rotatable bonds is 3. The first-order chi connectivity index (χ1) is 16.2. The van der Waals surface area contributed by atoms with Gasteiger partial charge in [0.25, 0.3) is 0 Å². The lowest BCUT2D eigenvalue weighted by molar-refractivity contribution is 0.0240. The summed E-state index contributed by atoms with van der Waals surface area (Å²) in [5.41, 5.74) is 4.97. The van der Waals surface area contributed by atoms with Gasteiger partial charge in [0.15, 0.2) is 5.78 Å². The topological polar surface area (TPSA) is 71.6 Å². The molecule has 0 bridgehead atoms. The highest BCUT2D eigenvalue weighted by atomic mass is 16.6. The second-order valence-electron chi connectivity index (χ2n) is 9.66. The average molecular weight is 460 g/mol. The number of hydrogen-bond acceptors (Lipinski definition) is 5. The summed E-state index contributed by atoms with van der Waals surface area (Å²) in [6, 6.07) is 12.1. The molecule has 0 atom stereocenters. The average Bonchev–Trinajstić information content (AvgIpc) is 3.42. The number of hydrogen-bond donors (Lipinski definition) is 0. The molecule has 1 amide bonds. The van der Waals surface area contributed by atoms with E-state index in [0.717, 1.165) is 28.1 Å². The Bertz CT molecular complexity index is 1390. The van der Waals surface area contributed by atoms with Crippen LogP contribution >= 0.6 is 0 Å². The molecule has 4 aromatic rings. The van der Waals surface area contributed by atoms with Crippen molar-refractivity contribution in [3.63, 3.8) is 0 Å². The quantitative estimate of drug-likeness (QED) is 0.422. The van der Waals surface area contributed by atoms with Crippen molar-refractivity contribution in [1.29, 1.82) is 0 Å². The number of Topliss-reactive ketones (excluding diaryl/α,β-unsaturated/α-hetero) is 1. The number of pyridine rings is 2. The molecule has 0 unspecified atom stereocenters. The normalized spacial score (nSPS) is 14.7. The minimum atomic E-state index is -0.503.